The molecule has 1 aromatic heterocycles. The molecule has 1 saturated heterocycles. The monoisotopic (exact) mass is 328 g/mol. The fourth-order valence-corrected chi connectivity index (χ4v) is 3.16. The van der Waals surface area contributed by atoms with Crippen molar-refractivity contribution < 1.29 is 9.13 Å². The van der Waals surface area contributed by atoms with Gasteiger partial charge in [-0.1, -0.05) is 6.07 Å². The van der Waals surface area contributed by atoms with E-state index in [2.05, 4.69) is 19.8 Å². The van der Waals surface area contributed by atoms with Gasteiger partial charge in [0.05, 0.1) is 12.4 Å². The highest BCUT2D eigenvalue weighted by atomic mass is 19.1. The number of rotatable bonds is 4. The lowest BCUT2D eigenvalue weighted by Gasteiger charge is -2.22. The maximum absolute atomic E-state index is 13.3. The van der Waals surface area contributed by atoms with Gasteiger partial charge >= 0.3 is 0 Å². The number of ether oxygens (including phenoxy) is 1. The summed E-state index contributed by atoms with van der Waals surface area (Å²) in [5.74, 6) is 1.31. The minimum Gasteiger partial charge on any atom is -0.437 e. The van der Waals surface area contributed by atoms with Gasteiger partial charge in [-0.25, -0.2) is 4.39 Å². The van der Waals surface area contributed by atoms with Gasteiger partial charge in [0, 0.05) is 38.3 Å². The zero-order valence-electron chi connectivity index (χ0n) is 13.6. The lowest BCUT2D eigenvalue weighted by molar-refractivity contribution is 0.283. The van der Waals surface area contributed by atoms with Crippen molar-refractivity contribution in [2.24, 2.45) is 0 Å². The SMILES string of the molecule is Fc1cccc(Oc2cncc(N3CCCN(C4CC4)CC3)n2)c1. The summed E-state index contributed by atoms with van der Waals surface area (Å²) >= 11 is 0. The number of benzene rings is 1. The summed E-state index contributed by atoms with van der Waals surface area (Å²) in [6.07, 6.45) is 7.15. The Kier molecular flexibility index (Phi) is 4.30. The standard InChI is InChI=1S/C18H21FN4O/c19-14-3-1-4-16(11-14)24-18-13-20-12-17(21-18)23-8-2-7-22(9-10-23)15-5-6-15/h1,3-4,11-13,15H,2,5-10H2. The van der Waals surface area contributed by atoms with Crippen molar-refractivity contribution in [2.45, 2.75) is 25.3 Å². The lowest BCUT2D eigenvalue weighted by atomic mass is 10.3. The average Bonchev–Trinajstić information content (AvgIpc) is 3.41. The van der Waals surface area contributed by atoms with Crippen LogP contribution in [0.2, 0.25) is 0 Å². The molecule has 24 heavy (non-hydrogen) atoms. The fourth-order valence-electron chi connectivity index (χ4n) is 3.16. The van der Waals surface area contributed by atoms with E-state index in [1.807, 2.05) is 0 Å². The van der Waals surface area contributed by atoms with Crippen LogP contribution in [0.1, 0.15) is 19.3 Å². The van der Waals surface area contributed by atoms with Crippen molar-refractivity contribution in [1.82, 2.24) is 14.9 Å². The molecule has 0 atom stereocenters. The Hall–Kier alpha value is -2.21. The molecule has 126 valence electrons. The number of halogens is 1. The van der Waals surface area contributed by atoms with Crippen molar-refractivity contribution in [3.8, 4) is 11.6 Å². The first-order chi connectivity index (χ1) is 11.8. The largest absolute Gasteiger partial charge is 0.437 e. The molecule has 0 N–H and O–H groups in total. The van der Waals surface area contributed by atoms with Gasteiger partial charge in [0.1, 0.15) is 11.6 Å². The normalized spacial score (nSPS) is 19.1. The molecule has 1 aliphatic heterocycles. The third kappa shape index (κ3) is 3.64. The first kappa shape index (κ1) is 15.3. The Balaban J connectivity index is 1.45. The highest BCUT2D eigenvalue weighted by molar-refractivity contribution is 5.39. The summed E-state index contributed by atoms with van der Waals surface area (Å²) in [7, 11) is 0. The van der Waals surface area contributed by atoms with Gasteiger partial charge in [0.15, 0.2) is 5.82 Å². The Morgan fingerprint density at radius 3 is 2.83 bits per heavy atom. The van der Waals surface area contributed by atoms with Crippen molar-refractivity contribution in [1.29, 1.82) is 0 Å². The van der Waals surface area contributed by atoms with Gasteiger partial charge in [-0.2, -0.15) is 4.98 Å². The van der Waals surface area contributed by atoms with Crippen LogP contribution >= 0.6 is 0 Å². The quantitative estimate of drug-likeness (QED) is 0.863. The number of anilines is 1. The molecule has 0 bridgehead atoms. The summed E-state index contributed by atoms with van der Waals surface area (Å²) in [6, 6.07) is 6.85. The molecular weight excluding hydrogens is 307 g/mol. The van der Waals surface area contributed by atoms with Crippen LogP contribution in [-0.4, -0.2) is 47.1 Å². The van der Waals surface area contributed by atoms with Crippen LogP contribution in [0.5, 0.6) is 11.6 Å². The highest BCUT2D eigenvalue weighted by Crippen LogP contribution is 2.28. The molecule has 5 nitrogen and oxygen atoms in total. The first-order valence-corrected chi connectivity index (χ1v) is 8.52. The molecule has 4 rings (SSSR count). The van der Waals surface area contributed by atoms with Gasteiger partial charge in [-0.05, 0) is 31.4 Å². The second kappa shape index (κ2) is 6.73. The third-order valence-corrected chi connectivity index (χ3v) is 4.54. The number of aromatic nitrogens is 2. The van der Waals surface area contributed by atoms with Crippen LogP contribution in [0.4, 0.5) is 10.2 Å². The Morgan fingerprint density at radius 2 is 2.00 bits per heavy atom. The third-order valence-electron chi connectivity index (χ3n) is 4.54. The summed E-state index contributed by atoms with van der Waals surface area (Å²) in [6.45, 7) is 4.16. The van der Waals surface area contributed by atoms with Crippen molar-refractivity contribution in [2.75, 3.05) is 31.1 Å². The van der Waals surface area contributed by atoms with E-state index in [1.165, 1.54) is 25.0 Å². The van der Waals surface area contributed by atoms with Crippen molar-refractivity contribution >= 4 is 5.82 Å². The summed E-state index contributed by atoms with van der Waals surface area (Å²) < 4.78 is 18.9. The minimum absolute atomic E-state index is 0.329. The van der Waals surface area contributed by atoms with E-state index < -0.39 is 0 Å². The molecule has 2 aliphatic rings. The van der Waals surface area contributed by atoms with Crippen LogP contribution < -0.4 is 9.64 Å². The number of nitrogens with zero attached hydrogens (tertiary/aromatic N) is 4. The predicted octanol–water partition coefficient (Wildman–Crippen LogP) is 3.08. The van der Waals surface area contributed by atoms with Gasteiger partial charge in [-0.15, -0.1) is 0 Å². The maximum atomic E-state index is 13.3. The van der Waals surface area contributed by atoms with Gasteiger partial charge in [0.2, 0.25) is 5.88 Å². The van der Waals surface area contributed by atoms with Crippen molar-refractivity contribution in [3.63, 3.8) is 0 Å². The van der Waals surface area contributed by atoms with Crippen LogP contribution in [-0.2, 0) is 0 Å². The van der Waals surface area contributed by atoms with Gasteiger partial charge in [-0.3, -0.25) is 9.88 Å². The molecule has 0 unspecified atom stereocenters. The Bertz CT molecular complexity index is 707. The molecule has 0 radical (unpaired) electrons. The van der Waals surface area contributed by atoms with E-state index in [0.717, 1.165) is 44.5 Å². The van der Waals surface area contributed by atoms with Gasteiger partial charge < -0.3 is 9.64 Å². The lowest BCUT2D eigenvalue weighted by Crippen LogP contribution is -2.32. The molecular formula is C18H21FN4O. The van der Waals surface area contributed by atoms with E-state index >= 15 is 0 Å². The molecule has 2 fully saturated rings. The number of hydrogen-bond donors (Lipinski definition) is 0. The Labute approximate surface area is 141 Å². The first-order valence-electron chi connectivity index (χ1n) is 8.52. The van der Waals surface area contributed by atoms with E-state index in [-0.39, 0.29) is 5.82 Å². The molecule has 0 spiro atoms. The zero-order chi connectivity index (χ0) is 16.4. The smallest absolute Gasteiger partial charge is 0.239 e. The number of hydrogen-bond acceptors (Lipinski definition) is 5. The Morgan fingerprint density at radius 1 is 1.08 bits per heavy atom. The molecule has 1 aliphatic carbocycles. The highest BCUT2D eigenvalue weighted by Gasteiger charge is 2.30. The molecule has 1 aromatic carbocycles. The fraction of sp³-hybridized carbons (Fsp3) is 0.444. The average molecular weight is 328 g/mol. The van der Waals surface area contributed by atoms with Crippen LogP contribution in [0.15, 0.2) is 36.7 Å². The van der Waals surface area contributed by atoms with E-state index in [9.17, 15) is 4.39 Å². The second-order valence-corrected chi connectivity index (χ2v) is 6.38. The summed E-state index contributed by atoms with van der Waals surface area (Å²) in [5, 5.41) is 0. The maximum Gasteiger partial charge on any atom is 0.239 e. The van der Waals surface area contributed by atoms with E-state index in [0.29, 0.717) is 11.6 Å². The van der Waals surface area contributed by atoms with Gasteiger partial charge in [0.25, 0.3) is 0 Å². The van der Waals surface area contributed by atoms with Crippen LogP contribution in [0.25, 0.3) is 0 Å². The van der Waals surface area contributed by atoms with E-state index in [1.54, 1.807) is 24.5 Å². The molecule has 6 heteroatoms. The summed E-state index contributed by atoms with van der Waals surface area (Å²) in [4.78, 5) is 13.6. The topological polar surface area (TPSA) is 41.5 Å². The van der Waals surface area contributed by atoms with Crippen LogP contribution in [0.3, 0.4) is 0 Å². The zero-order valence-corrected chi connectivity index (χ0v) is 13.6. The van der Waals surface area contributed by atoms with Crippen LogP contribution in [0, 0.1) is 5.82 Å². The molecule has 1 saturated carbocycles. The van der Waals surface area contributed by atoms with Crippen molar-refractivity contribution in [3.05, 3.63) is 42.5 Å². The molecule has 2 heterocycles. The minimum atomic E-state index is -0.329. The second-order valence-electron chi connectivity index (χ2n) is 6.38. The molecule has 2 aromatic rings. The summed E-state index contributed by atoms with van der Waals surface area (Å²) in [5.41, 5.74) is 0. The molecule has 0 amide bonds. The predicted molar refractivity (Wildman–Crippen MR) is 89.9 cm³/mol. The van der Waals surface area contributed by atoms with E-state index in [4.69, 9.17) is 4.74 Å².